The molecule has 38 heavy (non-hydrogen) atoms. The van der Waals surface area contributed by atoms with Crippen molar-refractivity contribution in [2.45, 2.75) is 50.7 Å². The fourth-order valence-electron chi connectivity index (χ4n) is 6.89. The summed E-state index contributed by atoms with van der Waals surface area (Å²) in [5.74, 6) is 1.55. The van der Waals surface area contributed by atoms with Crippen molar-refractivity contribution in [3.05, 3.63) is 83.1 Å². The normalized spacial score (nSPS) is 20.2. The number of nitrogens with zero attached hydrogens (tertiary/aromatic N) is 3. The first-order valence-corrected chi connectivity index (χ1v) is 13.5. The number of carbonyl (C=O) groups is 1. The number of urea groups is 1. The quantitative estimate of drug-likeness (QED) is 0.435. The van der Waals surface area contributed by atoms with Crippen LogP contribution in [0.3, 0.4) is 0 Å². The molecule has 198 valence electrons. The molecule has 3 aromatic carbocycles. The Labute approximate surface area is 225 Å². The van der Waals surface area contributed by atoms with E-state index in [0.29, 0.717) is 6.54 Å². The zero-order valence-corrected chi connectivity index (χ0v) is 23.1. The Bertz CT molecular complexity index is 1440. The van der Waals surface area contributed by atoms with Gasteiger partial charge in [-0.05, 0) is 46.9 Å². The van der Waals surface area contributed by atoms with Crippen molar-refractivity contribution in [3.63, 3.8) is 0 Å². The summed E-state index contributed by atoms with van der Waals surface area (Å²) >= 11 is 0. The van der Waals surface area contributed by atoms with Crippen molar-refractivity contribution in [1.29, 1.82) is 0 Å². The average molecular weight is 512 g/mol. The highest BCUT2D eigenvalue weighted by atomic mass is 16.5. The van der Waals surface area contributed by atoms with Gasteiger partial charge in [0.15, 0.2) is 0 Å². The van der Waals surface area contributed by atoms with Gasteiger partial charge in [-0.3, -0.25) is 9.80 Å². The Morgan fingerprint density at radius 1 is 0.921 bits per heavy atom. The van der Waals surface area contributed by atoms with Crippen LogP contribution in [0.25, 0.3) is 10.8 Å². The van der Waals surface area contributed by atoms with E-state index in [1.807, 2.05) is 22.9 Å². The number of hydrogen-bond donors (Lipinski definition) is 0. The second kappa shape index (κ2) is 9.05. The summed E-state index contributed by atoms with van der Waals surface area (Å²) < 4.78 is 11.4. The predicted octanol–water partition coefficient (Wildman–Crippen LogP) is 5.93. The van der Waals surface area contributed by atoms with Crippen LogP contribution in [0.1, 0.15) is 43.4 Å². The Morgan fingerprint density at radius 2 is 1.66 bits per heavy atom. The second-order valence-electron chi connectivity index (χ2n) is 11.5. The minimum Gasteiger partial charge on any atom is -0.497 e. The molecule has 0 radical (unpaired) electrons. The van der Waals surface area contributed by atoms with Gasteiger partial charge in [-0.25, -0.2) is 4.79 Å². The van der Waals surface area contributed by atoms with Gasteiger partial charge in [0, 0.05) is 49.4 Å². The Balaban J connectivity index is 1.30. The topological polar surface area (TPSA) is 45.3 Å². The SMILES string of the molecule is COc1cc2c(c(OC)c1)C(C)(C)C=C1N(C2)C(=O)N(C)C12CCN(Cc1ccc3ccccc3c1)CC2. The first kappa shape index (κ1) is 24.8. The fraction of sp³-hybridized carbons (Fsp3) is 0.406. The predicted molar refractivity (Wildman–Crippen MR) is 151 cm³/mol. The largest absolute Gasteiger partial charge is 0.497 e. The molecule has 6 nitrogen and oxygen atoms in total. The van der Waals surface area contributed by atoms with Gasteiger partial charge in [0.1, 0.15) is 11.5 Å². The molecule has 3 aromatic rings. The highest BCUT2D eigenvalue weighted by Gasteiger charge is 2.54. The van der Waals surface area contributed by atoms with Gasteiger partial charge in [0.05, 0.1) is 26.3 Å². The van der Waals surface area contributed by atoms with E-state index >= 15 is 0 Å². The van der Waals surface area contributed by atoms with E-state index in [1.165, 1.54) is 16.3 Å². The summed E-state index contributed by atoms with van der Waals surface area (Å²) in [7, 11) is 5.36. The van der Waals surface area contributed by atoms with Gasteiger partial charge in [-0.2, -0.15) is 0 Å². The van der Waals surface area contributed by atoms with Crippen LogP contribution in [0.4, 0.5) is 4.79 Å². The number of amides is 2. The number of methoxy groups -OCH3 is 2. The summed E-state index contributed by atoms with van der Waals surface area (Å²) in [6, 6.07) is 19.4. The number of rotatable bonds is 4. The van der Waals surface area contributed by atoms with E-state index in [4.69, 9.17) is 9.47 Å². The third-order valence-corrected chi connectivity index (χ3v) is 8.91. The summed E-state index contributed by atoms with van der Waals surface area (Å²) in [5, 5.41) is 2.56. The van der Waals surface area contributed by atoms with Crippen molar-refractivity contribution >= 4 is 16.8 Å². The summed E-state index contributed by atoms with van der Waals surface area (Å²) in [6.07, 6.45) is 4.16. The molecule has 0 aliphatic carbocycles. The standard InChI is InChI=1S/C32H37N3O3/c1-31(2)19-28-32(12-14-34(15-13-32)20-22-10-11-23-8-6-7-9-24(23)16-22)33(3)30(36)35(28)21-25-17-26(37-4)18-27(38-5)29(25)31/h6-11,16-19H,12-15,20-21H2,1-5H3. The number of piperidine rings is 1. The fourth-order valence-corrected chi connectivity index (χ4v) is 6.89. The lowest BCUT2D eigenvalue weighted by Gasteiger charge is -2.43. The van der Waals surface area contributed by atoms with Crippen molar-refractivity contribution in [1.82, 2.24) is 14.7 Å². The van der Waals surface area contributed by atoms with Crippen LogP contribution in [0.15, 0.2) is 66.4 Å². The number of fused-ring (bicyclic) bond motifs is 4. The highest BCUT2D eigenvalue weighted by Crippen LogP contribution is 2.50. The molecule has 6 heteroatoms. The molecule has 3 aliphatic rings. The lowest BCUT2D eigenvalue weighted by molar-refractivity contribution is 0.0998. The molecular formula is C32H37N3O3. The third kappa shape index (κ3) is 3.85. The molecule has 0 saturated carbocycles. The van der Waals surface area contributed by atoms with Gasteiger partial charge in [-0.15, -0.1) is 0 Å². The molecule has 0 atom stereocenters. The minimum absolute atomic E-state index is 0.0738. The molecule has 3 heterocycles. The van der Waals surface area contributed by atoms with Gasteiger partial charge in [0.2, 0.25) is 0 Å². The smallest absolute Gasteiger partial charge is 0.325 e. The monoisotopic (exact) mass is 511 g/mol. The van der Waals surface area contributed by atoms with Crippen LogP contribution >= 0.6 is 0 Å². The molecule has 6 rings (SSSR count). The average Bonchev–Trinajstić information content (AvgIpc) is 3.02. The van der Waals surface area contributed by atoms with E-state index in [0.717, 1.165) is 60.8 Å². The second-order valence-corrected chi connectivity index (χ2v) is 11.5. The molecule has 2 fully saturated rings. The van der Waals surface area contributed by atoms with Gasteiger partial charge < -0.3 is 14.4 Å². The van der Waals surface area contributed by atoms with Crippen LogP contribution in [-0.2, 0) is 18.5 Å². The molecule has 2 saturated heterocycles. The van der Waals surface area contributed by atoms with Crippen molar-refractivity contribution in [2.24, 2.45) is 0 Å². The lowest BCUT2D eigenvalue weighted by Crippen LogP contribution is -2.52. The summed E-state index contributed by atoms with van der Waals surface area (Å²) in [5.41, 5.74) is 4.07. The lowest BCUT2D eigenvalue weighted by atomic mass is 9.77. The molecule has 3 aliphatic heterocycles. The van der Waals surface area contributed by atoms with E-state index in [2.05, 4.69) is 73.4 Å². The number of likely N-dealkylation sites (N-methyl/N-ethyl adjacent to an activating group) is 1. The van der Waals surface area contributed by atoms with E-state index in [9.17, 15) is 4.79 Å². The van der Waals surface area contributed by atoms with Crippen LogP contribution in [0, 0.1) is 0 Å². The summed E-state index contributed by atoms with van der Waals surface area (Å²) in [6.45, 7) is 7.78. The Kier molecular flexibility index (Phi) is 5.91. The van der Waals surface area contributed by atoms with Crippen LogP contribution < -0.4 is 9.47 Å². The molecule has 0 bridgehead atoms. The van der Waals surface area contributed by atoms with Crippen molar-refractivity contribution < 1.29 is 14.3 Å². The minimum atomic E-state index is -0.308. The van der Waals surface area contributed by atoms with Gasteiger partial charge >= 0.3 is 6.03 Å². The number of ether oxygens (including phenoxy) is 2. The number of carbonyl (C=O) groups excluding carboxylic acids is 1. The highest BCUT2D eigenvalue weighted by molar-refractivity contribution is 5.83. The van der Waals surface area contributed by atoms with Crippen LogP contribution in [-0.4, -0.2) is 60.6 Å². The van der Waals surface area contributed by atoms with E-state index < -0.39 is 0 Å². The van der Waals surface area contributed by atoms with E-state index in [1.54, 1.807) is 14.2 Å². The maximum atomic E-state index is 13.7. The maximum Gasteiger partial charge on any atom is 0.325 e. The van der Waals surface area contributed by atoms with E-state index in [-0.39, 0.29) is 17.0 Å². The van der Waals surface area contributed by atoms with Crippen LogP contribution in [0.2, 0.25) is 0 Å². The number of allylic oxidation sites excluding steroid dienone is 1. The molecule has 0 unspecified atom stereocenters. The molecular weight excluding hydrogens is 474 g/mol. The van der Waals surface area contributed by atoms with Gasteiger partial charge in [0.25, 0.3) is 0 Å². The Hall–Kier alpha value is -3.51. The van der Waals surface area contributed by atoms with Crippen LogP contribution in [0.5, 0.6) is 11.5 Å². The van der Waals surface area contributed by atoms with Crippen molar-refractivity contribution in [2.75, 3.05) is 34.4 Å². The molecule has 0 aromatic heterocycles. The molecule has 0 N–H and O–H groups in total. The molecule has 1 spiro atoms. The first-order chi connectivity index (χ1) is 18.3. The zero-order chi connectivity index (χ0) is 26.7. The first-order valence-electron chi connectivity index (χ1n) is 13.5. The number of benzene rings is 3. The molecule has 2 amide bonds. The zero-order valence-electron chi connectivity index (χ0n) is 23.1. The maximum absolute atomic E-state index is 13.7. The Morgan fingerprint density at radius 3 is 2.37 bits per heavy atom. The van der Waals surface area contributed by atoms with Gasteiger partial charge in [-0.1, -0.05) is 56.3 Å². The number of hydrogen-bond acceptors (Lipinski definition) is 4. The number of likely N-dealkylation sites (tertiary alicyclic amines) is 1. The third-order valence-electron chi connectivity index (χ3n) is 8.91. The van der Waals surface area contributed by atoms with Crippen molar-refractivity contribution in [3.8, 4) is 11.5 Å². The summed E-state index contributed by atoms with van der Waals surface area (Å²) in [4.78, 5) is 20.3.